The summed E-state index contributed by atoms with van der Waals surface area (Å²) in [6, 6.07) is 49.2. The summed E-state index contributed by atoms with van der Waals surface area (Å²) in [6.07, 6.45) is 0. The summed E-state index contributed by atoms with van der Waals surface area (Å²) in [5.74, 6) is -1.21. The standard InChI is InChI=1S/C33H29ClO2P2/c1-28(36-37(35,29-17-7-2-8-18-29)30-19-9-3-10-20-30)27-38(34,31-21-11-4-12-22-31,32-23-13-5-14-24-32)33-25-15-6-16-26-33/h2-27H,1H3/b28-27+. The number of benzene rings is 5. The molecule has 190 valence electrons. The van der Waals surface area contributed by atoms with Crippen LogP contribution in [0.1, 0.15) is 6.92 Å². The molecule has 5 aromatic rings. The maximum absolute atomic E-state index is 14.7. The fraction of sp³-hybridized carbons (Fsp3) is 0.0303. The van der Waals surface area contributed by atoms with Crippen LogP contribution in [-0.2, 0) is 9.09 Å². The molecule has 0 radical (unpaired) electrons. The van der Waals surface area contributed by atoms with Gasteiger partial charge in [-0.2, -0.15) is 0 Å². The van der Waals surface area contributed by atoms with Gasteiger partial charge in [0, 0.05) is 0 Å². The van der Waals surface area contributed by atoms with Gasteiger partial charge in [-0.15, -0.1) is 0 Å². The van der Waals surface area contributed by atoms with Gasteiger partial charge in [0.2, 0.25) is 0 Å². The summed E-state index contributed by atoms with van der Waals surface area (Å²) in [5, 5.41) is 4.21. The first-order valence-corrected chi connectivity index (χ1v) is 17.3. The van der Waals surface area contributed by atoms with Crippen LogP contribution < -0.4 is 26.5 Å². The Morgan fingerprint density at radius 3 is 1.18 bits per heavy atom. The van der Waals surface area contributed by atoms with E-state index < -0.39 is 13.3 Å². The third-order valence-electron chi connectivity index (χ3n) is 6.67. The second-order valence-electron chi connectivity index (χ2n) is 9.13. The Hall–Kier alpha value is -3.41. The Balaban J connectivity index is 1.78. The van der Waals surface area contributed by atoms with Crippen molar-refractivity contribution in [3.8, 4) is 0 Å². The van der Waals surface area contributed by atoms with Gasteiger partial charge in [0.1, 0.15) is 0 Å². The van der Waals surface area contributed by atoms with Crippen LogP contribution in [0.3, 0.4) is 0 Å². The normalized spacial score (nSPS) is 13.3. The SMILES string of the molecule is C/C(=C\P(Cl)(c1ccccc1)(c1ccccc1)c1ccccc1)OP(=O)(c1ccccc1)c1ccccc1. The van der Waals surface area contributed by atoms with Crippen molar-refractivity contribution < 1.29 is 9.09 Å². The molecule has 0 aromatic heterocycles. The van der Waals surface area contributed by atoms with E-state index in [-0.39, 0.29) is 0 Å². The summed E-state index contributed by atoms with van der Waals surface area (Å²) in [6.45, 7) is 1.86. The van der Waals surface area contributed by atoms with Gasteiger partial charge in [-0.05, 0) is 0 Å². The van der Waals surface area contributed by atoms with Crippen molar-refractivity contribution >= 4 is 51.1 Å². The van der Waals surface area contributed by atoms with E-state index in [1.807, 2.05) is 128 Å². The molecule has 2 nitrogen and oxygen atoms in total. The molecule has 0 saturated heterocycles. The zero-order valence-corrected chi connectivity index (χ0v) is 23.6. The van der Waals surface area contributed by atoms with Crippen molar-refractivity contribution in [3.05, 3.63) is 163 Å². The Kier molecular flexibility index (Phi) is 7.42. The molecule has 0 bridgehead atoms. The molecule has 0 aliphatic rings. The van der Waals surface area contributed by atoms with Gasteiger partial charge in [0.15, 0.2) is 0 Å². The molecule has 0 unspecified atom stereocenters. The van der Waals surface area contributed by atoms with E-state index in [0.29, 0.717) is 16.4 Å². The molecule has 0 saturated carbocycles. The fourth-order valence-corrected chi connectivity index (χ4v) is 12.8. The quantitative estimate of drug-likeness (QED) is 0.147. The molecule has 0 atom stereocenters. The Morgan fingerprint density at radius 1 is 0.579 bits per heavy atom. The average molecular weight is 555 g/mol. The predicted molar refractivity (Wildman–Crippen MR) is 166 cm³/mol. The molecule has 0 spiro atoms. The molecule has 0 fully saturated rings. The second kappa shape index (κ2) is 10.8. The van der Waals surface area contributed by atoms with Crippen LogP contribution in [0.4, 0.5) is 0 Å². The molecule has 5 aromatic carbocycles. The van der Waals surface area contributed by atoms with E-state index in [9.17, 15) is 4.57 Å². The Labute approximate surface area is 229 Å². The van der Waals surface area contributed by atoms with E-state index in [2.05, 4.69) is 36.4 Å². The van der Waals surface area contributed by atoms with E-state index in [1.54, 1.807) is 0 Å². The van der Waals surface area contributed by atoms with Crippen molar-refractivity contribution in [1.82, 2.24) is 0 Å². The fourth-order valence-electron chi connectivity index (χ4n) is 4.90. The zero-order chi connectivity index (χ0) is 26.5. The minimum absolute atomic E-state index is 0.505. The third-order valence-corrected chi connectivity index (χ3v) is 16.0. The third kappa shape index (κ3) is 4.65. The van der Waals surface area contributed by atoms with Crippen molar-refractivity contribution in [2.45, 2.75) is 6.92 Å². The van der Waals surface area contributed by atoms with Crippen LogP contribution in [0.5, 0.6) is 0 Å². The summed E-state index contributed by atoms with van der Waals surface area (Å²) < 4.78 is 21.3. The number of halogens is 1. The molecule has 0 N–H and O–H groups in total. The zero-order valence-electron chi connectivity index (χ0n) is 21.1. The van der Waals surface area contributed by atoms with E-state index in [4.69, 9.17) is 15.8 Å². The molecule has 5 rings (SSSR count). The maximum atomic E-state index is 14.7. The first-order chi connectivity index (χ1) is 18.4. The van der Waals surface area contributed by atoms with Crippen molar-refractivity contribution in [2.75, 3.05) is 0 Å². The van der Waals surface area contributed by atoms with Crippen molar-refractivity contribution in [2.24, 2.45) is 0 Å². The molecule has 0 aliphatic heterocycles. The van der Waals surface area contributed by atoms with Crippen LogP contribution >= 0.6 is 24.6 Å². The minimum atomic E-state index is -3.75. The van der Waals surface area contributed by atoms with Crippen LogP contribution in [0.2, 0.25) is 0 Å². The molecular formula is C33H29ClO2P2. The van der Waals surface area contributed by atoms with Gasteiger partial charge in [0.25, 0.3) is 0 Å². The van der Waals surface area contributed by atoms with Gasteiger partial charge in [-0.3, -0.25) is 0 Å². The molecule has 0 amide bonds. The van der Waals surface area contributed by atoms with Crippen LogP contribution in [0, 0.1) is 0 Å². The summed E-state index contributed by atoms with van der Waals surface area (Å²) in [7, 11) is -3.48. The van der Waals surface area contributed by atoms with Crippen LogP contribution in [0.15, 0.2) is 163 Å². The van der Waals surface area contributed by atoms with Gasteiger partial charge in [0.05, 0.1) is 0 Å². The van der Waals surface area contributed by atoms with Crippen LogP contribution in [0.25, 0.3) is 0 Å². The topological polar surface area (TPSA) is 26.3 Å². The number of rotatable bonds is 8. The Morgan fingerprint density at radius 2 is 0.868 bits per heavy atom. The molecule has 0 aliphatic carbocycles. The van der Waals surface area contributed by atoms with Gasteiger partial charge in [-0.1, -0.05) is 0 Å². The Bertz CT molecular complexity index is 1430. The monoisotopic (exact) mass is 554 g/mol. The van der Waals surface area contributed by atoms with E-state index in [1.165, 1.54) is 0 Å². The first kappa shape index (κ1) is 26.2. The van der Waals surface area contributed by atoms with Gasteiger partial charge >= 0.3 is 230 Å². The molecule has 38 heavy (non-hydrogen) atoms. The van der Waals surface area contributed by atoms with Gasteiger partial charge < -0.3 is 0 Å². The second-order valence-corrected chi connectivity index (χ2v) is 17.5. The summed E-state index contributed by atoms with van der Waals surface area (Å²) >= 11 is 8.17. The number of hydrogen-bond acceptors (Lipinski definition) is 2. The number of allylic oxidation sites excluding steroid dienone is 1. The van der Waals surface area contributed by atoms with Crippen molar-refractivity contribution in [3.63, 3.8) is 0 Å². The van der Waals surface area contributed by atoms with E-state index in [0.717, 1.165) is 15.9 Å². The first-order valence-electron chi connectivity index (χ1n) is 12.5. The summed E-state index contributed by atoms with van der Waals surface area (Å²) in [4.78, 5) is 0. The molecule has 0 heterocycles. The van der Waals surface area contributed by atoms with Gasteiger partial charge in [-0.25, -0.2) is 0 Å². The molecule has 5 heteroatoms. The number of hydrogen-bond donors (Lipinski definition) is 0. The van der Waals surface area contributed by atoms with E-state index >= 15 is 0 Å². The van der Waals surface area contributed by atoms with Crippen LogP contribution in [-0.4, -0.2) is 0 Å². The molecular weight excluding hydrogens is 526 g/mol. The van der Waals surface area contributed by atoms with Crippen molar-refractivity contribution in [1.29, 1.82) is 0 Å². The summed E-state index contributed by atoms with van der Waals surface area (Å²) in [5.41, 5.74) is 0. The average Bonchev–Trinajstić information content (AvgIpc) is 2.99. The predicted octanol–water partition coefficient (Wildman–Crippen LogP) is 7.48.